The Hall–Kier alpha value is -1.76. The first-order valence-electron chi connectivity index (χ1n) is 5.83. The van der Waals surface area contributed by atoms with Crippen molar-refractivity contribution in [2.75, 3.05) is 23.8 Å². The van der Waals surface area contributed by atoms with Gasteiger partial charge in [0.1, 0.15) is 11.9 Å². The summed E-state index contributed by atoms with van der Waals surface area (Å²) in [5.41, 5.74) is 6.10. The maximum Gasteiger partial charge on any atom is 0.344 e. The molecule has 0 radical (unpaired) electrons. The highest BCUT2D eigenvalue weighted by Crippen LogP contribution is 2.16. The van der Waals surface area contributed by atoms with E-state index in [1.807, 2.05) is 0 Å². The fourth-order valence-electron chi connectivity index (χ4n) is 1.82. The Morgan fingerprint density at radius 3 is 2.84 bits per heavy atom. The van der Waals surface area contributed by atoms with Gasteiger partial charge in [0.25, 0.3) is 0 Å². The lowest BCUT2D eigenvalue weighted by Crippen LogP contribution is -2.23. The molecule has 0 aromatic heterocycles. The van der Waals surface area contributed by atoms with E-state index in [0.717, 1.165) is 0 Å². The third kappa shape index (κ3) is 4.13. The first-order valence-corrected chi connectivity index (χ1v) is 7.65. The van der Waals surface area contributed by atoms with Gasteiger partial charge in [0.15, 0.2) is 16.4 Å². The number of carbonyl (C=O) groups is 1. The van der Waals surface area contributed by atoms with Gasteiger partial charge in [0.05, 0.1) is 11.5 Å². The van der Waals surface area contributed by atoms with Crippen LogP contribution in [0.2, 0.25) is 0 Å². The van der Waals surface area contributed by atoms with Crippen LogP contribution in [0.25, 0.3) is 0 Å². The molecule has 1 aromatic rings. The number of carbonyl (C=O) groups excluding carboxylic acids is 1. The second-order valence-corrected chi connectivity index (χ2v) is 6.60. The molecule has 1 saturated heterocycles. The molecule has 0 aliphatic carbocycles. The van der Waals surface area contributed by atoms with Gasteiger partial charge in [-0.1, -0.05) is 6.07 Å². The Balaban J connectivity index is 1.79. The Kier molecular flexibility index (Phi) is 3.94. The lowest BCUT2D eigenvalue weighted by Gasteiger charge is -2.11. The van der Waals surface area contributed by atoms with Gasteiger partial charge in [-0.15, -0.1) is 0 Å². The van der Waals surface area contributed by atoms with Crippen LogP contribution in [0.3, 0.4) is 0 Å². The average Bonchev–Trinajstić information content (AvgIpc) is 2.66. The fourth-order valence-corrected chi connectivity index (χ4v) is 3.41. The molecule has 2 N–H and O–H groups in total. The topological polar surface area (TPSA) is 95.7 Å². The minimum atomic E-state index is -3.05. The molecular weight excluding hydrogens is 270 g/mol. The Bertz CT molecular complexity index is 569. The highest BCUT2D eigenvalue weighted by atomic mass is 32.2. The Morgan fingerprint density at radius 2 is 2.21 bits per heavy atom. The molecule has 0 saturated carbocycles. The summed E-state index contributed by atoms with van der Waals surface area (Å²) in [7, 11) is -3.05. The van der Waals surface area contributed by atoms with E-state index in [2.05, 4.69) is 0 Å². The Labute approximate surface area is 111 Å². The largest absolute Gasteiger partial charge is 0.482 e. The van der Waals surface area contributed by atoms with E-state index in [9.17, 15) is 13.2 Å². The van der Waals surface area contributed by atoms with Crippen molar-refractivity contribution in [1.29, 1.82) is 0 Å². The summed E-state index contributed by atoms with van der Waals surface area (Å²) < 4.78 is 32.6. The molecule has 19 heavy (non-hydrogen) atoms. The van der Waals surface area contributed by atoms with Gasteiger partial charge in [-0.2, -0.15) is 0 Å². The molecule has 1 unspecified atom stereocenters. The second-order valence-electron chi connectivity index (χ2n) is 4.38. The van der Waals surface area contributed by atoms with Crippen LogP contribution in [0.4, 0.5) is 5.69 Å². The summed E-state index contributed by atoms with van der Waals surface area (Å²) in [4.78, 5) is 11.5. The van der Waals surface area contributed by atoms with E-state index >= 15 is 0 Å². The molecule has 6 nitrogen and oxygen atoms in total. The van der Waals surface area contributed by atoms with Crippen LogP contribution in [0.1, 0.15) is 6.42 Å². The fraction of sp³-hybridized carbons (Fsp3) is 0.417. The standard InChI is InChI=1S/C12H15NO5S/c13-9-2-1-3-10(6-9)17-7-12(14)18-11-4-5-19(15,16)8-11/h1-3,6,11H,4-5,7-8,13H2. The number of nitrogens with two attached hydrogens (primary N) is 1. The molecule has 7 heteroatoms. The van der Waals surface area contributed by atoms with Crippen LogP contribution < -0.4 is 10.5 Å². The summed E-state index contributed by atoms with van der Waals surface area (Å²) in [5, 5.41) is 0. The van der Waals surface area contributed by atoms with Gasteiger partial charge in [-0.25, -0.2) is 13.2 Å². The number of nitrogen functional groups attached to an aromatic ring is 1. The minimum Gasteiger partial charge on any atom is -0.482 e. The smallest absolute Gasteiger partial charge is 0.344 e. The quantitative estimate of drug-likeness (QED) is 0.634. The summed E-state index contributed by atoms with van der Waals surface area (Å²) in [5.74, 6) is -0.140. The van der Waals surface area contributed by atoms with Crippen molar-refractivity contribution in [2.24, 2.45) is 0 Å². The molecule has 0 spiro atoms. The van der Waals surface area contributed by atoms with E-state index in [0.29, 0.717) is 17.9 Å². The summed E-state index contributed by atoms with van der Waals surface area (Å²) in [6.07, 6.45) is -0.200. The first-order chi connectivity index (χ1) is 8.94. The van der Waals surface area contributed by atoms with E-state index in [1.165, 1.54) is 0 Å². The molecule has 1 atom stereocenters. The van der Waals surface area contributed by atoms with Gasteiger partial charge in [0.2, 0.25) is 0 Å². The van der Waals surface area contributed by atoms with Crippen molar-refractivity contribution in [2.45, 2.75) is 12.5 Å². The van der Waals surface area contributed by atoms with Crippen molar-refractivity contribution < 1.29 is 22.7 Å². The number of hydrogen-bond acceptors (Lipinski definition) is 6. The molecule has 1 aliphatic heterocycles. The number of sulfone groups is 1. The van der Waals surface area contributed by atoms with E-state index < -0.39 is 21.9 Å². The average molecular weight is 285 g/mol. The van der Waals surface area contributed by atoms with E-state index in [1.54, 1.807) is 24.3 Å². The third-order valence-electron chi connectivity index (χ3n) is 2.70. The third-order valence-corrected chi connectivity index (χ3v) is 4.44. The van der Waals surface area contributed by atoms with Crippen LogP contribution >= 0.6 is 0 Å². The lowest BCUT2D eigenvalue weighted by atomic mass is 10.3. The lowest BCUT2D eigenvalue weighted by molar-refractivity contribution is -0.150. The zero-order valence-electron chi connectivity index (χ0n) is 10.2. The van der Waals surface area contributed by atoms with Crippen LogP contribution in [0.15, 0.2) is 24.3 Å². The monoisotopic (exact) mass is 285 g/mol. The van der Waals surface area contributed by atoms with Gasteiger partial charge in [-0.3, -0.25) is 0 Å². The molecule has 1 aliphatic rings. The molecule has 1 aromatic carbocycles. The van der Waals surface area contributed by atoms with Crippen molar-refractivity contribution in [3.63, 3.8) is 0 Å². The molecule has 0 amide bonds. The SMILES string of the molecule is Nc1cccc(OCC(=O)OC2CCS(=O)(=O)C2)c1. The maximum absolute atomic E-state index is 11.5. The number of esters is 1. The second kappa shape index (κ2) is 5.48. The summed E-state index contributed by atoms with van der Waals surface area (Å²) in [6, 6.07) is 6.67. The van der Waals surface area contributed by atoms with Crippen molar-refractivity contribution >= 4 is 21.5 Å². The number of rotatable bonds is 4. The summed E-state index contributed by atoms with van der Waals surface area (Å²) in [6.45, 7) is -0.264. The van der Waals surface area contributed by atoms with Crippen molar-refractivity contribution in [3.8, 4) is 5.75 Å². The molecular formula is C12H15NO5S. The minimum absolute atomic E-state index is 0.0705. The maximum atomic E-state index is 11.5. The molecule has 1 heterocycles. The Morgan fingerprint density at radius 1 is 1.42 bits per heavy atom. The molecule has 1 fully saturated rings. The number of ether oxygens (including phenoxy) is 2. The summed E-state index contributed by atoms with van der Waals surface area (Å²) >= 11 is 0. The predicted octanol–water partition coefficient (Wildman–Crippen LogP) is 0.378. The molecule has 104 valence electrons. The van der Waals surface area contributed by atoms with Gasteiger partial charge in [0, 0.05) is 11.8 Å². The predicted molar refractivity (Wildman–Crippen MR) is 69.5 cm³/mol. The number of anilines is 1. The molecule has 2 rings (SSSR count). The van der Waals surface area contributed by atoms with Crippen LogP contribution in [-0.4, -0.2) is 38.6 Å². The van der Waals surface area contributed by atoms with Gasteiger partial charge < -0.3 is 15.2 Å². The van der Waals surface area contributed by atoms with Crippen LogP contribution in [0, 0.1) is 0 Å². The van der Waals surface area contributed by atoms with Gasteiger partial charge in [-0.05, 0) is 18.6 Å². The highest BCUT2D eigenvalue weighted by molar-refractivity contribution is 7.91. The molecule has 0 bridgehead atoms. The van der Waals surface area contributed by atoms with E-state index in [-0.39, 0.29) is 18.1 Å². The normalized spacial score (nSPS) is 20.9. The van der Waals surface area contributed by atoms with Crippen molar-refractivity contribution in [1.82, 2.24) is 0 Å². The van der Waals surface area contributed by atoms with Crippen LogP contribution in [-0.2, 0) is 19.4 Å². The zero-order valence-corrected chi connectivity index (χ0v) is 11.1. The van der Waals surface area contributed by atoms with Crippen molar-refractivity contribution in [3.05, 3.63) is 24.3 Å². The highest BCUT2D eigenvalue weighted by Gasteiger charge is 2.30. The first kappa shape index (κ1) is 13.7. The number of hydrogen-bond donors (Lipinski definition) is 1. The van der Waals surface area contributed by atoms with Gasteiger partial charge >= 0.3 is 5.97 Å². The zero-order chi connectivity index (χ0) is 13.9. The van der Waals surface area contributed by atoms with Crippen LogP contribution in [0.5, 0.6) is 5.75 Å². The number of benzene rings is 1. The van der Waals surface area contributed by atoms with E-state index in [4.69, 9.17) is 15.2 Å².